The van der Waals surface area contributed by atoms with Crippen LogP contribution < -0.4 is 5.73 Å². The van der Waals surface area contributed by atoms with Crippen LogP contribution in [0.15, 0.2) is 46.0 Å². The highest BCUT2D eigenvalue weighted by molar-refractivity contribution is 9.10. The number of nitrogens with two attached hydrogens (primary N) is 1. The van der Waals surface area contributed by atoms with Gasteiger partial charge in [0.2, 0.25) is 5.95 Å². The molecule has 1 aromatic heterocycles. The van der Waals surface area contributed by atoms with Gasteiger partial charge >= 0.3 is 0 Å². The van der Waals surface area contributed by atoms with Crippen LogP contribution in [0.5, 0.6) is 0 Å². The molecule has 2 N–H and O–H groups in total. The summed E-state index contributed by atoms with van der Waals surface area (Å²) in [5, 5.41) is 2.93. The summed E-state index contributed by atoms with van der Waals surface area (Å²) in [5.41, 5.74) is 6.66. The van der Waals surface area contributed by atoms with Gasteiger partial charge in [0.05, 0.1) is 0 Å². The lowest BCUT2D eigenvalue weighted by Crippen LogP contribution is -2.01. The number of benzene rings is 2. The Balaban J connectivity index is 2.14. The summed E-state index contributed by atoms with van der Waals surface area (Å²) in [6.07, 6.45) is 1.91. The molecule has 2 aromatic carbocycles. The van der Waals surface area contributed by atoms with Crippen molar-refractivity contribution >= 4 is 44.4 Å². The van der Waals surface area contributed by atoms with E-state index >= 15 is 0 Å². The van der Waals surface area contributed by atoms with Crippen molar-refractivity contribution in [1.82, 2.24) is 15.0 Å². The molecule has 0 saturated carbocycles. The molecule has 20 heavy (non-hydrogen) atoms. The molecule has 6 heteroatoms. The van der Waals surface area contributed by atoms with Crippen LogP contribution in [0.25, 0.3) is 22.2 Å². The first-order valence-corrected chi connectivity index (χ1v) is 7.93. The first-order chi connectivity index (χ1) is 9.65. The molecular formula is C14H11BrN4S. The number of fused-ring (bicyclic) bond motifs is 1. The summed E-state index contributed by atoms with van der Waals surface area (Å²) in [6, 6.07) is 12.3. The van der Waals surface area contributed by atoms with Gasteiger partial charge in [-0.1, -0.05) is 45.9 Å². The Morgan fingerprint density at radius 1 is 1.00 bits per heavy atom. The minimum atomic E-state index is 0.246. The third-order valence-corrected chi connectivity index (χ3v) is 3.92. The molecule has 0 atom stereocenters. The van der Waals surface area contributed by atoms with E-state index in [0.29, 0.717) is 11.0 Å². The van der Waals surface area contributed by atoms with E-state index in [1.165, 1.54) is 11.8 Å². The van der Waals surface area contributed by atoms with Gasteiger partial charge in [-0.3, -0.25) is 0 Å². The molecule has 0 aliphatic carbocycles. The lowest BCUT2D eigenvalue weighted by atomic mass is 10.1. The quantitative estimate of drug-likeness (QED) is 0.715. The molecule has 4 nitrogen and oxygen atoms in total. The average molecular weight is 347 g/mol. The van der Waals surface area contributed by atoms with Crippen LogP contribution in [-0.4, -0.2) is 21.2 Å². The molecule has 100 valence electrons. The van der Waals surface area contributed by atoms with Crippen LogP contribution in [0.1, 0.15) is 0 Å². The van der Waals surface area contributed by atoms with Crippen LogP contribution in [0.3, 0.4) is 0 Å². The smallest absolute Gasteiger partial charge is 0.224 e. The number of aromatic nitrogens is 3. The van der Waals surface area contributed by atoms with Crippen molar-refractivity contribution in [1.29, 1.82) is 0 Å². The van der Waals surface area contributed by atoms with Gasteiger partial charge in [-0.25, -0.2) is 4.98 Å². The van der Waals surface area contributed by atoms with E-state index in [1.807, 2.05) is 24.5 Å². The minimum absolute atomic E-state index is 0.246. The zero-order valence-electron chi connectivity index (χ0n) is 10.7. The molecule has 0 aliphatic heterocycles. The van der Waals surface area contributed by atoms with Gasteiger partial charge in [-0.2, -0.15) is 9.97 Å². The number of hydrogen-bond acceptors (Lipinski definition) is 5. The van der Waals surface area contributed by atoms with Crippen molar-refractivity contribution in [3.05, 3.63) is 40.9 Å². The molecular weight excluding hydrogens is 336 g/mol. The Labute approximate surface area is 129 Å². The molecule has 0 bridgehead atoms. The molecule has 0 fully saturated rings. The van der Waals surface area contributed by atoms with Gasteiger partial charge in [0, 0.05) is 10.0 Å². The maximum absolute atomic E-state index is 5.72. The number of rotatable bonds is 2. The van der Waals surface area contributed by atoms with Crippen molar-refractivity contribution < 1.29 is 0 Å². The van der Waals surface area contributed by atoms with Gasteiger partial charge in [-0.05, 0) is 35.2 Å². The highest BCUT2D eigenvalue weighted by Crippen LogP contribution is 2.25. The van der Waals surface area contributed by atoms with Gasteiger partial charge in [0.15, 0.2) is 11.0 Å². The highest BCUT2D eigenvalue weighted by Gasteiger charge is 2.07. The van der Waals surface area contributed by atoms with E-state index in [4.69, 9.17) is 5.73 Å². The zero-order valence-corrected chi connectivity index (χ0v) is 13.1. The lowest BCUT2D eigenvalue weighted by molar-refractivity contribution is 0.928. The topological polar surface area (TPSA) is 64.7 Å². The van der Waals surface area contributed by atoms with E-state index in [1.54, 1.807) is 0 Å². The minimum Gasteiger partial charge on any atom is -0.368 e. The lowest BCUT2D eigenvalue weighted by Gasteiger charge is -2.05. The second-order valence-electron chi connectivity index (χ2n) is 4.21. The van der Waals surface area contributed by atoms with Crippen LogP contribution >= 0.6 is 27.7 Å². The average Bonchev–Trinajstić information content (AvgIpc) is 2.46. The van der Waals surface area contributed by atoms with Crippen LogP contribution in [-0.2, 0) is 0 Å². The van der Waals surface area contributed by atoms with Gasteiger partial charge < -0.3 is 5.73 Å². The molecule has 0 amide bonds. The fourth-order valence-corrected chi connectivity index (χ4v) is 2.69. The predicted octanol–water partition coefficient (Wildman–Crippen LogP) is 3.76. The molecule has 0 unspecified atom stereocenters. The molecule has 3 rings (SSSR count). The Morgan fingerprint density at radius 2 is 1.75 bits per heavy atom. The number of hydrogen-bond donors (Lipinski definition) is 1. The fraction of sp³-hybridized carbons (Fsp3) is 0.0714. The summed E-state index contributed by atoms with van der Waals surface area (Å²) in [5.74, 6) is 0.849. The first-order valence-electron chi connectivity index (χ1n) is 5.91. The number of nitrogen functional groups attached to an aromatic ring is 1. The Bertz CT molecular complexity index is 791. The maximum atomic E-state index is 5.72. The van der Waals surface area contributed by atoms with Crippen molar-refractivity contribution in [2.45, 2.75) is 5.16 Å². The molecule has 0 spiro atoms. The molecule has 0 aliphatic rings. The summed E-state index contributed by atoms with van der Waals surface area (Å²) < 4.78 is 1.06. The Morgan fingerprint density at radius 3 is 2.55 bits per heavy atom. The monoisotopic (exact) mass is 346 g/mol. The molecule has 3 aromatic rings. The van der Waals surface area contributed by atoms with Crippen LogP contribution in [0.4, 0.5) is 5.95 Å². The van der Waals surface area contributed by atoms with Crippen LogP contribution in [0, 0.1) is 0 Å². The number of anilines is 1. The van der Waals surface area contributed by atoms with E-state index in [-0.39, 0.29) is 5.95 Å². The third-order valence-electron chi connectivity index (χ3n) is 2.88. The second kappa shape index (κ2) is 5.38. The first kappa shape index (κ1) is 13.3. The van der Waals surface area contributed by atoms with E-state index in [9.17, 15) is 0 Å². The van der Waals surface area contributed by atoms with Gasteiger partial charge in [0.1, 0.15) is 0 Å². The Hall–Kier alpha value is -1.66. The number of nitrogens with zero attached hydrogens (tertiary/aromatic N) is 3. The molecule has 0 saturated heterocycles. The van der Waals surface area contributed by atoms with Gasteiger partial charge in [-0.15, -0.1) is 0 Å². The number of halogens is 1. The standard InChI is InChI=1S/C14H11BrN4S/c1-20-14-18-12(17-13(16)19-14)10-3-2-9-7-11(15)5-4-8(9)6-10/h2-7H,1H3,(H2,16,17,18,19). The van der Waals surface area contributed by atoms with E-state index in [0.717, 1.165) is 20.8 Å². The molecule has 0 radical (unpaired) electrons. The largest absolute Gasteiger partial charge is 0.368 e. The summed E-state index contributed by atoms with van der Waals surface area (Å²) in [6.45, 7) is 0. The SMILES string of the molecule is CSc1nc(N)nc(-c2ccc3cc(Br)ccc3c2)n1. The van der Waals surface area contributed by atoms with Crippen molar-refractivity contribution in [2.24, 2.45) is 0 Å². The van der Waals surface area contributed by atoms with Crippen molar-refractivity contribution in [3.8, 4) is 11.4 Å². The summed E-state index contributed by atoms with van der Waals surface area (Å²) in [7, 11) is 0. The zero-order chi connectivity index (χ0) is 14.1. The fourth-order valence-electron chi connectivity index (χ4n) is 1.95. The van der Waals surface area contributed by atoms with Gasteiger partial charge in [0.25, 0.3) is 0 Å². The Kier molecular flexibility index (Phi) is 3.58. The van der Waals surface area contributed by atoms with Crippen molar-refractivity contribution in [3.63, 3.8) is 0 Å². The number of thioether (sulfide) groups is 1. The second-order valence-corrected chi connectivity index (χ2v) is 5.90. The third kappa shape index (κ3) is 2.62. The molecule has 1 heterocycles. The predicted molar refractivity (Wildman–Crippen MR) is 86.7 cm³/mol. The normalized spacial score (nSPS) is 10.9. The van der Waals surface area contributed by atoms with E-state index < -0.39 is 0 Å². The van der Waals surface area contributed by atoms with Crippen molar-refractivity contribution in [2.75, 3.05) is 12.0 Å². The summed E-state index contributed by atoms with van der Waals surface area (Å²) in [4.78, 5) is 12.7. The highest BCUT2D eigenvalue weighted by atomic mass is 79.9. The van der Waals surface area contributed by atoms with Crippen LogP contribution in [0.2, 0.25) is 0 Å². The maximum Gasteiger partial charge on any atom is 0.224 e. The van der Waals surface area contributed by atoms with E-state index in [2.05, 4.69) is 49.1 Å². The summed E-state index contributed by atoms with van der Waals surface area (Å²) >= 11 is 4.92.